The number of carbonyl (C=O) groups is 1. The van der Waals surface area contributed by atoms with E-state index in [4.69, 9.17) is 4.74 Å². The van der Waals surface area contributed by atoms with E-state index < -0.39 is 17.8 Å². The first-order chi connectivity index (χ1) is 16.3. The second-order valence-corrected chi connectivity index (χ2v) is 7.92. The number of nitrogens with zero attached hydrogens (tertiary/aromatic N) is 4. The van der Waals surface area contributed by atoms with Crippen molar-refractivity contribution in [2.75, 3.05) is 11.9 Å². The third kappa shape index (κ3) is 4.19. The molecule has 0 bridgehead atoms. The summed E-state index contributed by atoms with van der Waals surface area (Å²) < 4.78 is 46.2. The van der Waals surface area contributed by atoms with Gasteiger partial charge in [0.25, 0.3) is 0 Å². The number of benzene rings is 2. The van der Waals surface area contributed by atoms with E-state index in [0.29, 0.717) is 17.1 Å². The number of amides is 1. The summed E-state index contributed by atoms with van der Waals surface area (Å²) in [5, 5.41) is 3.25. The second-order valence-electron chi connectivity index (χ2n) is 7.92. The predicted molar refractivity (Wildman–Crippen MR) is 120 cm³/mol. The van der Waals surface area contributed by atoms with Crippen molar-refractivity contribution in [1.29, 1.82) is 0 Å². The number of anilines is 1. The van der Waals surface area contributed by atoms with Gasteiger partial charge in [-0.15, -0.1) is 0 Å². The largest absolute Gasteiger partial charge is 0.439 e. The summed E-state index contributed by atoms with van der Waals surface area (Å²) in [6.45, 7) is 4.46. The Kier molecular flexibility index (Phi) is 5.45. The molecule has 0 aliphatic carbocycles. The number of nitrogens with one attached hydrogen (secondary N) is 1. The van der Waals surface area contributed by atoms with Crippen molar-refractivity contribution in [3.63, 3.8) is 0 Å². The van der Waals surface area contributed by atoms with Crippen LogP contribution in [-0.4, -0.2) is 32.0 Å². The average Bonchev–Trinajstić information content (AvgIpc) is 3.43. The Bertz CT molecular complexity index is 1380. The van der Waals surface area contributed by atoms with Gasteiger partial charge in [0.2, 0.25) is 5.88 Å². The van der Waals surface area contributed by atoms with Crippen LogP contribution >= 0.6 is 0 Å². The van der Waals surface area contributed by atoms with Crippen LogP contribution in [-0.2, 0) is 19.3 Å². The molecule has 0 fully saturated rings. The van der Waals surface area contributed by atoms with Gasteiger partial charge in [-0.05, 0) is 49.0 Å². The minimum Gasteiger partial charge on any atom is -0.439 e. The zero-order valence-electron chi connectivity index (χ0n) is 18.1. The van der Waals surface area contributed by atoms with E-state index in [2.05, 4.69) is 27.1 Å². The van der Waals surface area contributed by atoms with E-state index in [1.807, 2.05) is 0 Å². The van der Waals surface area contributed by atoms with Gasteiger partial charge in [0.1, 0.15) is 12.1 Å². The van der Waals surface area contributed by atoms with Crippen LogP contribution in [0, 0.1) is 0 Å². The third-order valence-electron chi connectivity index (χ3n) is 5.73. The van der Waals surface area contributed by atoms with Crippen molar-refractivity contribution in [2.24, 2.45) is 0 Å². The van der Waals surface area contributed by atoms with Gasteiger partial charge in [-0.3, -0.25) is 9.47 Å². The van der Waals surface area contributed by atoms with Gasteiger partial charge in [0.05, 0.1) is 22.3 Å². The van der Waals surface area contributed by atoms with E-state index in [-0.39, 0.29) is 5.69 Å². The maximum atomic E-state index is 13.0. The molecule has 1 N–H and O–H groups in total. The molecule has 34 heavy (non-hydrogen) atoms. The van der Waals surface area contributed by atoms with E-state index in [1.165, 1.54) is 23.0 Å². The highest BCUT2D eigenvalue weighted by Gasteiger charge is 2.30. The first-order valence-corrected chi connectivity index (χ1v) is 10.6. The number of halogens is 3. The van der Waals surface area contributed by atoms with Crippen LogP contribution in [0.5, 0.6) is 11.6 Å². The van der Waals surface area contributed by atoms with Crippen molar-refractivity contribution in [3.8, 4) is 11.6 Å². The molecule has 4 aromatic rings. The molecule has 2 aromatic carbocycles. The molecule has 0 saturated carbocycles. The van der Waals surface area contributed by atoms with Crippen LogP contribution in [0.3, 0.4) is 0 Å². The quantitative estimate of drug-likeness (QED) is 0.420. The number of ether oxygens (including phenoxy) is 1. The normalized spacial score (nSPS) is 13.8. The second kappa shape index (κ2) is 8.45. The zero-order valence-corrected chi connectivity index (χ0v) is 18.1. The number of aromatic nitrogens is 3. The van der Waals surface area contributed by atoms with Gasteiger partial charge >= 0.3 is 12.2 Å². The molecule has 5 rings (SSSR count). The van der Waals surface area contributed by atoms with Crippen LogP contribution in [0.25, 0.3) is 10.9 Å². The van der Waals surface area contributed by atoms with Crippen LogP contribution in [0.2, 0.25) is 0 Å². The lowest BCUT2D eigenvalue weighted by molar-refractivity contribution is -0.137. The molecule has 0 atom stereocenters. The van der Waals surface area contributed by atoms with E-state index in [9.17, 15) is 18.0 Å². The molecule has 0 radical (unpaired) electrons. The number of hydrogen-bond donors (Lipinski definition) is 1. The number of hydrogen-bond acceptors (Lipinski definition) is 5. The fourth-order valence-corrected chi connectivity index (χ4v) is 3.96. The fourth-order valence-electron chi connectivity index (χ4n) is 3.96. The van der Waals surface area contributed by atoms with Crippen molar-refractivity contribution < 1.29 is 22.7 Å². The molecule has 1 amide bonds. The Morgan fingerprint density at radius 3 is 2.76 bits per heavy atom. The molecule has 7 nitrogen and oxygen atoms in total. The summed E-state index contributed by atoms with van der Waals surface area (Å²) in [6, 6.07) is 10.9. The highest BCUT2D eigenvalue weighted by atomic mass is 19.4. The first kappa shape index (κ1) is 21.9. The van der Waals surface area contributed by atoms with Crippen molar-refractivity contribution in [2.45, 2.75) is 26.2 Å². The average molecular weight is 467 g/mol. The molecule has 3 heterocycles. The lowest BCUT2D eigenvalue weighted by atomic mass is 10.2. The van der Waals surface area contributed by atoms with Crippen molar-refractivity contribution in [1.82, 2.24) is 19.4 Å². The molecule has 10 heteroatoms. The lowest BCUT2D eigenvalue weighted by Crippen LogP contribution is -2.18. The highest BCUT2D eigenvalue weighted by Crippen LogP contribution is 2.33. The SMILES string of the molecule is CCN1Cc2ncnc(Oc3ccc4c(ccn4C(=O)Nc4cccc(C(F)(F)F)c4)c3)c2C1. The number of fused-ring (bicyclic) bond motifs is 2. The summed E-state index contributed by atoms with van der Waals surface area (Å²) in [7, 11) is 0. The Morgan fingerprint density at radius 2 is 1.97 bits per heavy atom. The van der Waals surface area contributed by atoms with Crippen molar-refractivity contribution >= 4 is 22.6 Å². The smallest absolute Gasteiger partial charge is 0.416 e. The van der Waals surface area contributed by atoms with Crippen LogP contribution < -0.4 is 10.1 Å². The first-order valence-electron chi connectivity index (χ1n) is 10.6. The van der Waals surface area contributed by atoms with Crippen molar-refractivity contribution in [3.05, 3.63) is 77.9 Å². The monoisotopic (exact) mass is 467 g/mol. The molecule has 0 saturated heterocycles. The van der Waals surface area contributed by atoms with Gasteiger partial charge in [-0.2, -0.15) is 13.2 Å². The van der Waals surface area contributed by atoms with E-state index >= 15 is 0 Å². The van der Waals surface area contributed by atoms with Gasteiger partial charge in [-0.25, -0.2) is 14.8 Å². The lowest BCUT2D eigenvalue weighted by Gasteiger charge is -2.11. The van der Waals surface area contributed by atoms with Gasteiger partial charge in [-0.1, -0.05) is 13.0 Å². The maximum Gasteiger partial charge on any atom is 0.416 e. The summed E-state index contributed by atoms with van der Waals surface area (Å²) in [5.74, 6) is 1.06. The molecular formula is C24H20F3N5O2. The molecule has 1 aliphatic heterocycles. The Balaban J connectivity index is 1.36. The zero-order chi connectivity index (χ0) is 23.9. The molecule has 2 aromatic heterocycles. The third-order valence-corrected chi connectivity index (χ3v) is 5.73. The summed E-state index contributed by atoms with van der Waals surface area (Å²) >= 11 is 0. The number of rotatable bonds is 4. The summed E-state index contributed by atoms with van der Waals surface area (Å²) in [4.78, 5) is 23.6. The predicted octanol–water partition coefficient (Wildman–Crippen LogP) is 5.66. The summed E-state index contributed by atoms with van der Waals surface area (Å²) in [5.41, 5.74) is 1.72. The van der Waals surface area contributed by atoms with Crippen LogP contribution in [0.4, 0.5) is 23.7 Å². The Morgan fingerprint density at radius 1 is 1.12 bits per heavy atom. The molecule has 0 spiro atoms. The van der Waals surface area contributed by atoms with E-state index in [1.54, 1.807) is 30.5 Å². The fraction of sp³-hybridized carbons (Fsp3) is 0.208. The van der Waals surface area contributed by atoms with Gasteiger partial charge in [0.15, 0.2) is 0 Å². The minimum atomic E-state index is -4.49. The highest BCUT2D eigenvalue weighted by molar-refractivity contribution is 5.98. The topological polar surface area (TPSA) is 72.3 Å². The molecule has 1 aliphatic rings. The maximum absolute atomic E-state index is 13.0. The minimum absolute atomic E-state index is 0.0559. The van der Waals surface area contributed by atoms with E-state index in [0.717, 1.165) is 48.4 Å². The molecule has 174 valence electrons. The van der Waals surface area contributed by atoms with Gasteiger partial charge < -0.3 is 10.1 Å². The number of carbonyl (C=O) groups excluding carboxylic acids is 1. The van der Waals surface area contributed by atoms with Crippen LogP contribution in [0.15, 0.2) is 61.1 Å². The Labute approximate surface area is 192 Å². The van der Waals surface area contributed by atoms with Gasteiger partial charge in [0, 0.05) is 30.4 Å². The molecule has 0 unspecified atom stereocenters. The number of alkyl halides is 3. The molecular weight excluding hydrogens is 447 g/mol. The standard InChI is InChI=1S/C24H20F3N5O2/c1-2-31-12-19-20(13-31)28-14-29-22(19)34-18-6-7-21-15(10-18)8-9-32(21)23(33)30-17-5-3-4-16(11-17)24(25,26)27/h3-11,14H,2,12-13H2,1H3,(H,30,33). The summed E-state index contributed by atoms with van der Waals surface area (Å²) in [6.07, 6.45) is -1.45. The van der Waals surface area contributed by atoms with Crippen LogP contribution in [0.1, 0.15) is 23.7 Å². The Hall–Kier alpha value is -3.92.